The van der Waals surface area contributed by atoms with Crippen molar-refractivity contribution < 1.29 is 13.2 Å². The van der Waals surface area contributed by atoms with Crippen molar-refractivity contribution in [2.24, 2.45) is 16.3 Å². The Morgan fingerprint density at radius 2 is 1.65 bits per heavy atom. The molecule has 5 aliphatic rings. The number of likely N-dealkylation sites (N-methyl/N-ethyl adjacent to an activating group) is 1. The third-order valence-electron chi connectivity index (χ3n) is 11.6. The Hall–Kier alpha value is -3.04. The van der Waals surface area contributed by atoms with Crippen LogP contribution < -0.4 is 5.32 Å². The second-order valence-electron chi connectivity index (χ2n) is 14.9. The lowest BCUT2D eigenvalue weighted by atomic mass is 9.71. The van der Waals surface area contributed by atoms with Gasteiger partial charge in [0.2, 0.25) is 0 Å². The van der Waals surface area contributed by atoms with Crippen LogP contribution in [0.5, 0.6) is 0 Å². The zero-order valence-electron chi connectivity index (χ0n) is 30.1. The number of benzene rings is 1. The number of fused-ring (bicyclic) bond motifs is 9. The summed E-state index contributed by atoms with van der Waals surface area (Å²) in [4.78, 5) is 14.2. The molecule has 0 aliphatic carbocycles. The maximum absolute atomic E-state index is 16.3. The molecule has 6 nitrogen and oxygen atoms in total. The van der Waals surface area contributed by atoms with E-state index in [0.717, 1.165) is 80.8 Å². The molecule has 6 rings (SSSR count). The van der Waals surface area contributed by atoms with Gasteiger partial charge in [-0.05, 0) is 109 Å². The highest BCUT2D eigenvalue weighted by Crippen LogP contribution is 2.46. The van der Waals surface area contributed by atoms with Crippen molar-refractivity contribution >= 4 is 5.84 Å². The second kappa shape index (κ2) is 14.8. The number of amidine groups is 1. The Balaban J connectivity index is 1.63. The van der Waals surface area contributed by atoms with Gasteiger partial charge in [0.1, 0.15) is 17.5 Å². The molecule has 0 amide bonds. The molecule has 5 heterocycles. The van der Waals surface area contributed by atoms with Gasteiger partial charge in [-0.2, -0.15) is 0 Å². The number of aliphatic imine (C=N–C) groups is 1. The fraction of sp³-hybridized carbons (Fsp3) is 0.615. The van der Waals surface area contributed by atoms with Crippen LogP contribution >= 0.6 is 0 Å². The highest BCUT2D eigenvalue weighted by molar-refractivity contribution is 6.02. The normalized spacial score (nSPS) is 29.1. The molecule has 2 saturated heterocycles. The van der Waals surface area contributed by atoms with Gasteiger partial charge >= 0.3 is 0 Å². The van der Waals surface area contributed by atoms with Crippen LogP contribution in [0.4, 0.5) is 13.2 Å². The number of alkyl halides is 2. The maximum Gasteiger partial charge on any atom is 0.278 e. The smallest absolute Gasteiger partial charge is 0.278 e. The van der Waals surface area contributed by atoms with Crippen LogP contribution in [0.1, 0.15) is 89.3 Å². The number of halogens is 3. The average Bonchev–Trinajstić information content (AvgIpc) is 3.06. The molecule has 5 aliphatic heterocycles. The fourth-order valence-corrected chi connectivity index (χ4v) is 8.17. The van der Waals surface area contributed by atoms with E-state index < -0.39 is 29.3 Å². The van der Waals surface area contributed by atoms with E-state index in [0.29, 0.717) is 37.8 Å². The third kappa shape index (κ3) is 7.28. The van der Waals surface area contributed by atoms with Crippen molar-refractivity contribution in [2.45, 2.75) is 90.1 Å². The zero-order valence-corrected chi connectivity index (χ0v) is 30.1. The summed E-state index contributed by atoms with van der Waals surface area (Å²) < 4.78 is 48.5. The molecule has 1 unspecified atom stereocenters. The van der Waals surface area contributed by atoms with E-state index in [-0.39, 0.29) is 11.0 Å². The Labute approximate surface area is 287 Å². The molecule has 0 spiro atoms. The van der Waals surface area contributed by atoms with Crippen molar-refractivity contribution in [3.8, 4) is 0 Å². The quantitative estimate of drug-likeness (QED) is 0.346. The first-order valence-corrected chi connectivity index (χ1v) is 17.9. The molecular weight excluding hydrogens is 609 g/mol. The van der Waals surface area contributed by atoms with Crippen LogP contribution in [-0.4, -0.2) is 85.3 Å². The highest BCUT2D eigenvalue weighted by Gasteiger charge is 2.45. The van der Waals surface area contributed by atoms with Crippen molar-refractivity contribution in [1.82, 2.24) is 24.9 Å². The van der Waals surface area contributed by atoms with Gasteiger partial charge in [0.25, 0.3) is 5.92 Å². The Bertz CT molecular complexity index is 1430. The van der Waals surface area contributed by atoms with Crippen LogP contribution in [0.15, 0.2) is 71.3 Å². The molecule has 0 radical (unpaired) electrons. The van der Waals surface area contributed by atoms with Crippen molar-refractivity contribution in [1.29, 1.82) is 0 Å². The van der Waals surface area contributed by atoms with Crippen LogP contribution in [0.3, 0.4) is 0 Å². The minimum absolute atomic E-state index is 0.0821. The van der Waals surface area contributed by atoms with Gasteiger partial charge < -0.3 is 24.9 Å². The van der Waals surface area contributed by atoms with Crippen LogP contribution in [0, 0.1) is 17.2 Å². The summed E-state index contributed by atoms with van der Waals surface area (Å²) in [6, 6.07) is 3.99. The Kier molecular flexibility index (Phi) is 11.2. The molecule has 0 aromatic heterocycles. The largest absolute Gasteiger partial charge is 0.360 e. The first kappa shape index (κ1) is 36.2. The summed E-state index contributed by atoms with van der Waals surface area (Å²) in [6.45, 7) is 18.9. The number of rotatable bonds is 2. The molecule has 9 heteroatoms. The number of hydrogen-bond donors (Lipinski definition) is 1. The molecule has 2 atom stereocenters. The van der Waals surface area contributed by atoms with E-state index in [2.05, 4.69) is 79.1 Å². The van der Waals surface area contributed by atoms with Gasteiger partial charge in [0.05, 0.1) is 17.2 Å². The average molecular weight is 667 g/mol. The summed E-state index contributed by atoms with van der Waals surface area (Å²) in [5.74, 6) is -3.55. The van der Waals surface area contributed by atoms with Gasteiger partial charge in [-0.1, -0.05) is 51.1 Å². The van der Waals surface area contributed by atoms with E-state index in [1.807, 2.05) is 0 Å². The first-order valence-electron chi connectivity index (χ1n) is 17.9. The van der Waals surface area contributed by atoms with Gasteiger partial charge in [0.15, 0.2) is 0 Å². The minimum atomic E-state index is -3.27. The van der Waals surface area contributed by atoms with E-state index in [1.165, 1.54) is 6.07 Å². The lowest BCUT2D eigenvalue weighted by molar-refractivity contribution is -0.0907. The number of nitrogens with zero attached hydrogens (tertiary/aromatic N) is 5. The number of likely N-dealkylation sites (tertiary alicyclic amines) is 1. The van der Waals surface area contributed by atoms with Gasteiger partial charge in [0, 0.05) is 43.9 Å². The molecule has 264 valence electrons. The topological polar surface area (TPSA) is 37.4 Å². The number of nitrogens with one attached hydrogen (secondary N) is 1. The van der Waals surface area contributed by atoms with Gasteiger partial charge in [-0.25, -0.2) is 13.2 Å². The molecule has 48 heavy (non-hydrogen) atoms. The number of piperidine rings is 2. The summed E-state index contributed by atoms with van der Waals surface area (Å²) in [6.07, 6.45) is 10.7. The van der Waals surface area contributed by atoms with E-state index >= 15 is 13.2 Å². The minimum Gasteiger partial charge on any atom is -0.360 e. The SMILES string of the molecule is C=CNC1=N[C@H](C)c2cccc(c2F)C(F)(F)C2CCN(CC2)C(C)CCCCCN(C)C2=C1C=C(C1(C)CCN(C)CC1)C(=C)N2C. The molecule has 4 bridgehead atoms. The van der Waals surface area contributed by atoms with E-state index in [1.54, 1.807) is 25.3 Å². The lowest BCUT2D eigenvalue weighted by Gasteiger charge is -2.45. The zero-order chi connectivity index (χ0) is 34.8. The Morgan fingerprint density at radius 3 is 2.31 bits per heavy atom. The predicted octanol–water partition coefficient (Wildman–Crippen LogP) is 8.05. The lowest BCUT2D eigenvalue weighted by Crippen LogP contribution is -2.43. The molecule has 0 saturated carbocycles. The van der Waals surface area contributed by atoms with Gasteiger partial charge in [-0.15, -0.1) is 0 Å². The predicted molar refractivity (Wildman–Crippen MR) is 191 cm³/mol. The van der Waals surface area contributed by atoms with Crippen molar-refractivity contribution in [3.05, 3.63) is 83.2 Å². The molecule has 2 fully saturated rings. The van der Waals surface area contributed by atoms with Crippen LogP contribution in [0.2, 0.25) is 0 Å². The van der Waals surface area contributed by atoms with E-state index in [9.17, 15) is 0 Å². The summed E-state index contributed by atoms with van der Waals surface area (Å²) in [7, 11) is 6.32. The summed E-state index contributed by atoms with van der Waals surface area (Å²) in [5.41, 5.74) is 2.55. The first-order chi connectivity index (χ1) is 22.8. The summed E-state index contributed by atoms with van der Waals surface area (Å²) >= 11 is 0. The standard InChI is InChI=1S/C39H57F3N6/c1-9-43-36-32-26-34(38(5)19-24-45(6)25-20-38)29(4)47(8)37(32)46(7)21-12-10-11-14-27(2)48-22-17-30(18-23-48)39(41,42)33-16-13-15-31(35(33)40)28(3)44-36/h9,13,15-16,26-28,30H,1,4,10-12,14,17-25H2,2-3,5-8H3,(H,43,44)/t27?,28-/m1/s1. The molecule has 1 aromatic carbocycles. The maximum atomic E-state index is 16.3. The number of hydrogen-bond acceptors (Lipinski definition) is 6. The monoisotopic (exact) mass is 666 g/mol. The molecule has 1 N–H and O–H groups in total. The molecule has 1 aromatic rings. The van der Waals surface area contributed by atoms with Gasteiger partial charge in [-0.3, -0.25) is 4.99 Å². The number of allylic oxidation sites excluding steroid dienone is 1. The molecular formula is C39H57F3N6. The third-order valence-corrected chi connectivity index (χ3v) is 11.6. The fourth-order valence-electron chi connectivity index (χ4n) is 8.17. The second-order valence-corrected chi connectivity index (χ2v) is 14.9. The highest BCUT2D eigenvalue weighted by atomic mass is 19.3. The van der Waals surface area contributed by atoms with Crippen molar-refractivity contribution in [3.63, 3.8) is 0 Å². The van der Waals surface area contributed by atoms with Crippen molar-refractivity contribution in [2.75, 3.05) is 53.9 Å². The Morgan fingerprint density at radius 1 is 0.958 bits per heavy atom. The van der Waals surface area contributed by atoms with E-state index in [4.69, 9.17) is 4.99 Å². The van der Waals surface area contributed by atoms with Crippen LogP contribution in [0.25, 0.3) is 0 Å². The van der Waals surface area contributed by atoms with Crippen LogP contribution in [-0.2, 0) is 5.92 Å². The summed E-state index contributed by atoms with van der Waals surface area (Å²) in [5, 5.41) is 3.26.